The van der Waals surface area contributed by atoms with Gasteiger partial charge in [-0.15, -0.1) is 0 Å². The maximum atomic E-state index is 11.8. The van der Waals surface area contributed by atoms with Crippen LogP contribution in [0.2, 0.25) is 0 Å². The SMILES string of the molecule is CCOCc1ccc(C(=O)NCC(=O)O[C@@H](C)CC)cn1. The molecule has 6 nitrogen and oxygen atoms in total. The second-order valence-electron chi connectivity index (χ2n) is 4.57. The van der Waals surface area contributed by atoms with Crippen molar-refractivity contribution in [2.75, 3.05) is 13.2 Å². The fraction of sp³-hybridized carbons (Fsp3) is 0.533. The summed E-state index contributed by atoms with van der Waals surface area (Å²) in [6, 6.07) is 3.37. The summed E-state index contributed by atoms with van der Waals surface area (Å²) in [6.07, 6.45) is 2.06. The first-order chi connectivity index (χ1) is 10.1. The Kier molecular flexibility index (Phi) is 7.39. The Morgan fingerprint density at radius 1 is 1.33 bits per heavy atom. The summed E-state index contributed by atoms with van der Waals surface area (Å²) in [7, 11) is 0. The second-order valence-corrected chi connectivity index (χ2v) is 4.57. The minimum absolute atomic E-state index is 0.145. The number of rotatable bonds is 8. The molecule has 116 valence electrons. The van der Waals surface area contributed by atoms with Gasteiger partial charge in [-0.1, -0.05) is 6.92 Å². The molecule has 0 bridgehead atoms. The minimum Gasteiger partial charge on any atom is -0.461 e. The number of ether oxygens (including phenoxy) is 2. The Balaban J connectivity index is 2.43. The van der Waals surface area contributed by atoms with Gasteiger partial charge in [-0.05, 0) is 32.4 Å². The molecular weight excluding hydrogens is 272 g/mol. The molecule has 1 amide bonds. The van der Waals surface area contributed by atoms with Crippen molar-refractivity contribution in [1.29, 1.82) is 0 Å². The summed E-state index contributed by atoms with van der Waals surface area (Å²) in [6.45, 7) is 6.51. The molecule has 1 aromatic rings. The molecule has 1 N–H and O–H groups in total. The lowest BCUT2D eigenvalue weighted by atomic mass is 10.2. The number of carbonyl (C=O) groups is 2. The summed E-state index contributed by atoms with van der Waals surface area (Å²) in [4.78, 5) is 27.4. The van der Waals surface area contributed by atoms with Crippen LogP contribution in [0.15, 0.2) is 18.3 Å². The lowest BCUT2D eigenvalue weighted by Crippen LogP contribution is -2.32. The third-order valence-corrected chi connectivity index (χ3v) is 2.84. The van der Waals surface area contributed by atoms with Gasteiger partial charge < -0.3 is 14.8 Å². The molecule has 0 radical (unpaired) electrons. The van der Waals surface area contributed by atoms with Gasteiger partial charge in [0.2, 0.25) is 0 Å². The van der Waals surface area contributed by atoms with Gasteiger partial charge in [-0.2, -0.15) is 0 Å². The molecule has 0 spiro atoms. The van der Waals surface area contributed by atoms with E-state index in [9.17, 15) is 9.59 Å². The summed E-state index contributed by atoms with van der Waals surface area (Å²) in [5.74, 6) is -0.801. The first kappa shape index (κ1) is 17.1. The molecular formula is C15H22N2O4. The molecule has 1 heterocycles. The van der Waals surface area contributed by atoms with E-state index in [2.05, 4.69) is 10.3 Å². The van der Waals surface area contributed by atoms with Crippen LogP contribution in [0.3, 0.4) is 0 Å². The van der Waals surface area contributed by atoms with Crippen molar-refractivity contribution in [1.82, 2.24) is 10.3 Å². The van der Waals surface area contributed by atoms with E-state index in [0.717, 1.165) is 12.1 Å². The van der Waals surface area contributed by atoms with Crippen molar-refractivity contribution in [3.8, 4) is 0 Å². The molecule has 0 aliphatic heterocycles. The minimum atomic E-state index is -0.446. The third kappa shape index (κ3) is 6.35. The van der Waals surface area contributed by atoms with Gasteiger partial charge in [0, 0.05) is 12.8 Å². The van der Waals surface area contributed by atoms with Gasteiger partial charge in [0.15, 0.2) is 0 Å². The monoisotopic (exact) mass is 294 g/mol. The summed E-state index contributed by atoms with van der Waals surface area (Å²) in [5, 5.41) is 2.51. The van der Waals surface area contributed by atoms with Crippen molar-refractivity contribution in [3.63, 3.8) is 0 Å². The standard InChI is InChI=1S/C15H22N2O4/c1-4-11(3)21-14(18)9-17-15(19)12-6-7-13(16-8-12)10-20-5-2/h6-8,11H,4-5,9-10H2,1-3H3,(H,17,19)/t11-/m0/s1. The first-order valence-electron chi connectivity index (χ1n) is 7.07. The molecule has 0 fully saturated rings. The van der Waals surface area contributed by atoms with Crippen LogP contribution in [0.4, 0.5) is 0 Å². The Morgan fingerprint density at radius 2 is 2.10 bits per heavy atom. The van der Waals surface area contributed by atoms with Crippen molar-refractivity contribution in [2.45, 2.75) is 39.9 Å². The van der Waals surface area contributed by atoms with E-state index >= 15 is 0 Å². The average molecular weight is 294 g/mol. The number of nitrogens with one attached hydrogen (secondary N) is 1. The van der Waals surface area contributed by atoms with E-state index in [0.29, 0.717) is 18.8 Å². The fourth-order valence-electron chi connectivity index (χ4n) is 1.45. The number of hydrogen-bond acceptors (Lipinski definition) is 5. The Bertz CT molecular complexity index is 459. The fourth-order valence-corrected chi connectivity index (χ4v) is 1.45. The lowest BCUT2D eigenvalue weighted by molar-refractivity contribution is -0.147. The third-order valence-electron chi connectivity index (χ3n) is 2.84. The molecule has 1 rings (SSSR count). The molecule has 0 saturated carbocycles. The predicted molar refractivity (Wildman–Crippen MR) is 77.7 cm³/mol. The number of carbonyl (C=O) groups excluding carboxylic acids is 2. The van der Waals surface area contributed by atoms with E-state index in [4.69, 9.17) is 9.47 Å². The quantitative estimate of drug-likeness (QED) is 0.738. The van der Waals surface area contributed by atoms with Crippen LogP contribution < -0.4 is 5.32 Å². The highest BCUT2D eigenvalue weighted by Crippen LogP contribution is 2.02. The van der Waals surface area contributed by atoms with Gasteiger partial charge in [0.1, 0.15) is 6.54 Å². The Labute approximate surface area is 124 Å². The second kappa shape index (κ2) is 9.07. The molecule has 0 aliphatic rings. The number of amides is 1. The van der Waals surface area contributed by atoms with Gasteiger partial charge in [-0.25, -0.2) is 0 Å². The topological polar surface area (TPSA) is 77.5 Å². The molecule has 1 aromatic heterocycles. The van der Waals surface area contributed by atoms with E-state index in [1.807, 2.05) is 13.8 Å². The van der Waals surface area contributed by atoms with E-state index in [1.165, 1.54) is 6.20 Å². The highest BCUT2D eigenvalue weighted by molar-refractivity contribution is 5.95. The van der Waals surface area contributed by atoms with Crippen LogP contribution in [0.5, 0.6) is 0 Å². The van der Waals surface area contributed by atoms with Crippen LogP contribution in [0, 0.1) is 0 Å². The molecule has 21 heavy (non-hydrogen) atoms. The Morgan fingerprint density at radius 3 is 2.67 bits per heavy atom. The largest absolute Gasteiger partial charge is 0.461 e. The van der Waals surface area contributed by atoms with Crippen LogP contribution in [0.25, 0.3) is 0 Å². The van der Waals surface area contributed by atoms with Crippen LogP contribution in [0.1, 0.15) is 43.2 Å². The molecule has 0 aliphatic carbocycles. The molecule has 0 saturated heterocycles. The molecule has 0 aromatic carbocycles. The summed E-state index contributed by atoms with van der Waals surface area (Å²) < 4.78 is 10.3. The number of esters is 1. The first-order valence-corrected chi connectivity index (χ1v) is 7.07. The van der Waals surface area contributed by atoms with Gasteiger partial charge in [0.25, 0.3) is 5.91 Å². The van der Waals surface area contributed by atoms with E-state index < -0.39 is 5.97 Å². The van der Waals surface area contributed by atoms with Crippen molar-refractivity contribution in [2.24, 2.45) is 0 Å². The highest BCUT2D eigenvalue weighted by atomic mass is 16.5. The highest BCUT2D eigenvalue weighted by Gasteiger charge is 2.11. The summed E-state index contributed by atoms with van der Waals surface area (Å²) >= 11 is 0. The van der Waals surface area contributed by atoms with Crippen LogP contribution in [-0.4, -0.2) is 36.1 Å². The normalized spacial score (nSPS) is 11.8. The number of nitrogens with zero attached hydrogens (tertiary/aromatic N) is 1. The number of pyridine rings is 1. The number of hydrogen-bond donors (Lipinski definition) is 1. The molecule has 0 unspecified atom stereocenters. The maximum Gasteiger partial charge on any atom is 0.325 e. The number of aromatic nitrogens is 1. The zero-order valence-electron chi connectivity index (χ0n) is 12.7. The lowest BCUT2D eigenvalue weighted by Gasteiger charge is -2.11. The van der Waals surface area contributed by atoms with Gasteiger partial charge in [-0.3, -0.25) is 14.6 Å². The zero-order chi connectivity index (χ0) is 15.7. The van der Waals surface area contributed by atoms with E-state index in [1.54, 1.807) is 19.1 Å². The van der Waals surface area contributed by atoms with E-state index in [-0.39, 0.29) is 18.6 Å². The zero-order valence-corrected chi connectivity index (χ0v) is 12.7. The predicted octanol–water partition coefficient (Wildman–Crippen LogP) is 1.69. The molecule has 6 heteroatoms. The Hall–Kier alpha value is -1.95. The van der Waals surface area contributed by atoms with Crippen LogP contribution in [-0.2, 0) is 20.9 Å². The van der Waals surface area contributed by atoms with Crippen molar-refractivity contribution < 1.29 is 19.1 Å². The van der Waals surface area contributed by atoms with Crippen LogP contribution >= 0.6 is 0 Å². The van der Waals surface area contributed by atoms with Crippen molar-refractivity contribution in [3.05, 3.63) is 29.6 Å². The summed E-state index contributed by atoms with van der Waals surface area (Å²) in [5.41, 5.74) is 1.15. The van der Waals surface area contributed by atoms with Gasteiger partial charge >= 0.3 is 5.97 Å². The smallest absolute Gasteiger partial charge is 0.325 e. The van der Waals surface area contributed by atoms with Gasteiger partial charge in [0.05, 0.1) is 24.0 Å². The molecule has 1 atom stereocenters. The maximum absolute atomic E-state index is 11.8. The average Bonchev–Trinajstić information content (AvgIpc) is 2.50. The van der Waals surface area contributed by atoms with Crippen molar-refractivity contribution >= 4 is 11.9 Å².